The number of aliphatic hydroxyl groups is 1. The van der Waals surface area contributed by atoms with E-state index in [0.29, 0.717) is 41.4 Å². The van der Waals surface area contributed by atoms with Crippen molar-refractivity contribution < 1.29 is 23.2 Å². The predicted molar refractivity (Wildman–Crippen MR) is 109 cm³/mol. The number of cyclic esters (lactones) is 1. The second kappa shape index (κ2) is 8.08. The molecule has 2 fully saturated rings. The number of rotatable bonds is 4. The van der Waals surface area contributed by atoms with E-state index >= 15 is 0 Å². The molecule has 2 aliphatic rings. The zero-order chi connectivity index (χ0) is 20.5. The number of ether oxygens (including phenoxy) is 1. The standard InChI is InChI=1S/C20H22FN3O4S/c1-13-8-14(10-22-19(13)23-4-6-29(27)7-5-23)17-3-2-15(9-18(17)21)24-11-16(12-25)28-20(24)26/h2-3,8-10,16,25H,4-7,11-12H2,1H3/t16-/m1/s1. The third-order valence-corrected chi connectivity index (χ3v) is 6.46. The van der Waals surface area contributed by atoms with Gasteiger partial charge in [0.05, 0.1) is 18.8 Å². The molecule has 0 radical (unpaired) electrons. The van der Waals surface area contributed by atoms with Gasteiger partial charge in [0.1, 0.15) is 17.7 Å². The zero-order valence-corrected chi connectivity index (χ0v) is 16.8. The molecular weight excluding hydrogens is 397 g/mol. The van der Waals surface area contributed by atoms with Crippen molar-refractivity contribution in [3.8, 4) is 11.1 Å². The second-order valence-electron chi connectivity index (χ2n) is 7.16. The number of hydrogen-bond donors (Lipinski definition) is 1. The van der Waals surface area contributed by atoms with Crippen molar-refractivity contribution in [2.45, 2.75) is 13.0 Å². The molecule has 2 saturated heterocycles. The molecule has 29 heavy (non-hydrogen) atoms. The smallest absolute Gasteiger partial charge is 0.414 e. The van der Waals surface area contributed by atoms with Crippen LogP contribution < -0.4 is 9.80 Å². The number of hydrogen-bond acceptors (Lipinski definition) is 6. The minimum atomic E-state index is -0.757. The number of benzene rings is 1. The summed E-state index contributed by atoms with van der Waals surface area (Å²) in [7, 11) is -0.757. The molecule has 3 heterocycles. The molecule has 9 heteroatoms. The van der Waals surface area contributed by atoms with E-state index in [0.717, 1.165) is 11.4 Å². The molecule has 0 unspecified atom stereocenters. The summed E-state index contributed by atoms with van der Waals surface area (Å²) in [4.78, 5) is 19.8. The lowest BCUT2D eigenvalue weighted by Gasteiger charge is -2.28. The molecule has 2 aromatic rings. The fourth-order valence-corrected chi connectivity index (χ4v) is 4.68. The Morgan fingerprint density at radius 1 is 1.31 bits per heavy atom. The van der Waals surface area contributed by atoms with Gasteiger partial charge in [-0.05, 0) is 36.8 Å². The second-order valence-corrected chi connectivity index (χ2v) is 8.86. The molecule has 1 atom stereocenters. The third kappa shape index (κ3) is 3.97. The molecule has 0 saturated carbocycles. The van der Waals surface area contributed by atoms with E-state index in [-0.39, 0.29) is 13.2 Å². The lowest BCUT2D eigenvalue weighted by molar-refractivity contribution is 0.0963. The fourth-order valence-electron chi connectivity index (χ4n) is 3.63. The van der Waals surface area contributed by atoms with E-state index in [9.17, 15) is 13.4 Å². The van der Waals surface area contributed by atoms with Gasteiger partial charge in [-0.3, -0.25) is 9.11 Å². The van der Waals surface area contributed by atoms with Crippen molar-refractivity contribution in [2.24, 2.45) is 0 Å². The average molecular weight is 419 g/mol. The molecule has 2 aliphatic heterocycles. The molecule has 1 aromatic carbocycles. The quantitative estimate of drug-likeness (QED) is 0.817. The van der Waals surface area contributed by atoms with Crippen LogP contribution in [-0.2, 0) is 15.5 Å². The highest BCUT2D eigenvalue weighted by atomic mass is 32.2. The van der Waals surface area contributed by atoms with Crippen molar-refractivity contribution in [3.63, 3.8) is 0 Å². The van der Waals surface area contributed by atoms with Crippen molar-refractivity contribution in [1.82, 2.24) is 4.98 Å². The minimum absolute atomic E-state index is 0.185. The Morgan fingerprint density at radius 3 is 2.69 bits per heavy atom. The van der Waals surface area contributed by atoms with Crippen LogP contribution in [0, 0.1) is 12.7 Å². The number of aryl methyl sites for hydroxylation is 1. The highest BCUT2D eigenvalue weighted by molar-refractivity contribution is 7.85. The van der Waals surface area contributed by atoms with Crippen LogP contribution in [0.3, 0.4) is 0 Å². The highest BCUT2D eigenvalue weighted by Gasteiger charge is 2.32. The first-order valence-corrected chi connectivity index (χ1v) is 10.9. The lowest BCUT2D eigenvalue weighted by Crippen LogP contribution is -2.38. The van der Waals surface area contributed by atoms with E-state index in [1.165, 1.54) is 11.0 Å². The number of pyridine rings is 1. The topological polar surface area (TPSA) is 83.0 Å². The van der Waals surface area contributed by atoms with Crippen molar-refractivity contribution in [1.29, 1.82) is 0 Å². The lowest BCUT2D eigenvalue weighted by atomic mass is 10.0. The first-order valence-electron chi connectivity index (χ1n) is 9.42. The molecule has 1 N–H and O–H groups in total. The normalized spacial score (nSPS) is 20.2. The van der Waals surface area contributed by atoms with Gasteiger partial charge in [-0.2, -0.15) is 0 Å². The number of amides is 1. The molecule has 1 amide bonds. The number of halogens is 1. The summed E-state index contributed by atoms with van der Waals surface area (Å²) >= 11 is 0. The number of carbonyl (C=O) groups excluding carboxylic acids is 1. The van der Waals surface area contributed by atoms with Gasteiger partial charge in [-0.15, -0.1) is 0 Å². The van der Waals surface area contributed by atoms with Gasteiger partial charge < -0.3 is 14.7 Å². The number of nitrogens with zero attached hydrogens (tertiary/aromatic N) is 3. The van der Waals surface area contributed by atoms with Crippen LogP contribution in [0.1, 0.15) is 5.56 Å². The maximum absolute atomic E-state index is 14.8. The highest BCUT2D eigenvalue weighted by Crippen LogP contribution is 2.31. The monoisotopic (exact) mass is 419 g/mol. The van der Waals surface area contributed by atoms with Crippen molar-refractivity contribution in [3.05, 3.63) is 41.8 Å². The summed E-state index contributed by atoms with van der Waals surface area (Å²) in [6.45, 7) is 3.24. The zero-order valence-electron chi connectivity index (χ0n) is 16.0. The average Bonchev–Trinajstić information content (AvgIpc) is 3.09. The Morgan fingerprint density at radius 2 is 2.07 bits per heavy atom. The number of aromatic nitrogens is 1. The summed E-state index contributed by atoms with van der Waals surface area (Å²) in [6.07, 6.45) is 0.440. The molecule has 0 aliphatic carbocycles. The molecule has 0 bridgehead atoms. The summed E-state index contributed by atoms with van der Waals surface area (Å²) in [6, 6.07) is 6.45. The number of anilines is 2. The summed E-state index contributed by atoms with van der Waals surface area (Å²) in [5, 5.41) is 9.15. The summed E-state index contributed by atoms with van der Waals surface area (Å²) in [5.41, 5.74) is 2.34. The summed E-state index contributed by atoms with van der Waals surface area (Å²) in [5.74, 6) is 1.63. The van der Waals surface area contributed by atoms with Gasteiger partial charge in [0.25, 0.3) is 0 Å². The largest absolute Gasteiger partial charge is 0.441 e. The van der Waals surface area contributed by atoms with E-state index in [1.54, 1.807) is 18.3 Å². The Labute approximate surface area is 170 Å². The van der Waals surface area contributed by atoms with Crippen molar-refractivity contribution >= 4 is 28.4 Å². The maximum Gasteiger partial charge on any atom is 0.414 e. The van der Waals surface area contributed by atoms with Gasteiger partial charge in [0.2, 0.25) is 0 Å². The fraction of sp³-hybridized carbons (Fsp3) is 0.400. The van der Waals surface area contributed by atoms with Gasteiger partial charge in [0.15, 0.2) is 0 Å². The minimum Gasteiger partial charge on any atom is -0.441 e. The first kappa shape index (κ1) is 19.8. The van der Waals surface area contributed by atoms with Crippen LogP contribution in [0.25, 0.3) is 11.1 Å². The van der Waals surface area contributed by atoms with Crippen LogP contribution in [-0.4, -0.2) is 64.2 Å². The Kier molecular flexibility index (Phi) is 5.51. The Bertz CT molecular complexity index is 961. The van der Waals surface area contributed by atoms with Crippen molar-refractivity contribution in [2.75, 3.05) is 47.5 Å². The maximum atomic E-state index is 14.8. The number of aliphatic hydroxyl groups excluding tert-OH is 1. The van der Waals surface area contributed by atoms with E-state index in [2.05, 4.69) is 9.88 Å². The van der Waals surface area contributed by atoms with Crippen LogP contribution in [0.2, 0.25) is 0 Å². The van der Waals surface area contributed by atoms with E-state index < -0.39 is 28.8 Å². The third-order valence-electron chi connectivity index (χ3n) is 5.18. The molecule has 7 nitrogen and oxygen atoms in total. The SMILES string of the molecule is Cc1cc(-c2ccc(N3C[C@H](CO)OC3=O)cc2F)cnc1N1CCS(=O)CC1. The molecule has 154 valence electrons. The van der Waals surface area contributed by atoms with Gasteiger partial charge in [-0.1, -0.05) is 0 Å². The first-order chi connectivity index (χ1) is 14.0. The number of carbonyl (C=O) groups is 1. The Hall–Kier alpha value is -2.52. The van der Waals surface area contributed by atoms with Crippen LogP contribution >= 0.6 is 0 Å². The van der Waals surface area contributed by atoms with Gasteiger partial charge in [0, 0.05) is 52.7 Å². The molecule has 1 aromatic heterocycles. The van der Waals surface area contributed by atoms with E-state index in [1.807, 2.05) is 13.0 Å². The van der Waals surface area contributed by atoms with Gasteiger partial charge in [-0.25, -0.2) is 14.2 Å². The predicted octanol–water partition coefficient (Wildman–Crippen LogP) is 2.08. The van der Waals surface area contributed by atoms with E-state index in [4.69, 9.17) is 9.84 Å². The molecular formula is C20H22FN3O4S. The van der Waals surface area contributed by atoms with Crippen LogP contribution in [0.4, 0.5) is 20.7 Å². The summed E-state index contributed by atoms with van der Waals surface area (Å²) < 4.78 is 31.4. The molecule has 0 spiro atoms. The van der Waals surface area contributed by atoms with Crippen LogP contribution in [0.5, 0.6) is 0 Å². The van der Waals surface area contributed by atoms with Gasteiger partial charge >= 0.3 is 6.09 Å². The Balaban J connectivity index is 1.56. The van der Waals surface area contributed by atoms with Crippen LogP contribution in [0.15, 0.2) is 30.5 Å². The molecule has 4 rings (SSSR count).